The molecule has 1 aromatic carbocycles. The predicted octanol–water partition coefficient (Wildman–Crippen LogP) is 0.512. The number of carbonyl (C=O) groups excluding carboxylic acids is 1. The van der Waals surface area contributed by atoms with Gasteiger partial charge >= 0.3 is 5.76 Å². The van der Waals surface area contributed by atoms with Crippen LogP contribution in [0.15, 0.2) is 39.9 Å². The van der Waals surface area contributed by atoms with E-state index in [2.05, 4.69) is 10.6 Å². The Morgan fingerprint density at radius 3 is 2.83 bits per heavy atom. The zero-order chi connectivity index (χ0) is 16.7. The number of anilines is 2. The van der Waals surface area contributed by atoms with Crippen LogP contribution in [0.4, 0.5) is 11.4 Å². The lowest BCUT2D eigenvalue weighted by Crippen LogP contribution is -2.18. The molecule has 0 aliphatic rings. The Balaban J connectivity index is 2.29. The van der Waals surface area contributed by atoms with E-state index in [0.29, 0.717) is 30.0 Å². The van der Waals surface area contributed by atoms with Crippen molar-refractivity contribution in [2.75, 3.05) is 30.3 Å². The van der Waals surface area contributed by atoms with E-state index in [-0.39, 0.29) is 25.5 Å². The van der Waals surface area contributed by atoms with Crippen LogP contribution in [0.5, 0.6) is 0 Å². The van der Waals surface area contributed by atoms with Gasteiger partial charge in [-0.25, -0.2) is 9.36 Å². The number of hydrogen-bond acceptors (Lipinski definition) is 6. The molecule has 8 nitrogen and oxygen atoms in total. The number of amides is 1. The molecule has 0 aliphatic heterocycles. The third-order valence-electron chi connectivity index (χ3n) is 3.15. The maximum Gasteiger partial charge on any atom is 0.423 e. The molecule has 0 radical (unpaired) electrons. The fraction of sp³-hybridized carbons (Fsp3) is 0.333. The maximum atomic E-state index is 11.8. The summed E-state index contributed by atoms with van der Waals surface area (Å²) in [5.41, 5.74) is 7.19. The van der Waals surface area contributed by atoms with Gasteiger partial charge in [0.25, 0.3) is 0 Å². The Bertz CT molecular complexity index is 707. The molecule has 0 atom stereocenters. The molecule has 5 N–H and O–H groups in total. The number of nitrogens with zero attached hydrogens (tertiary/aromatic N) is 1. The third-order valence-corrected chi connectivity index (χ3v) is 3.15. The summed E-state index contributed by atoms with van der Waals surface area (Å²) in [4.78, 5) is 23.4. The van der Waals surface area contributed by atoms with Gasteiger partial charge in [-0.2, -0.15) is 0 Å². The summed E-state index contributed by atoms with van der Waals surface area (Å²) in [6, 6.07) is 5.16. The number of carbonyl (C=O) groups is 1. The van der Waals surface area contributed by atoms with Gasteiger partial charge in [0.2, 0.25) is 5.91 Å². The molecule has 1 heterocycles. The molecule has 2 rings (SSSR count). The molecule has 0 saturated heterocycles. The van der Waals surface area contributed by atoms with E-state index < -0.39 is 5.76 Å². The zero-order valence-corrected chi connectivity index (χ0v) is 12.6. The van der Waals surface area contributed by atoms with E-state index in [1.54, 1.807) is 18.2 Å². The summed E-state index contributed by atoms with van der Waals surface area (Å²) in [5.74, 6) is -0.723. The van der Waals surface area contributed by atoms with Crippen LogP contribution in [0.3, 0.4) is 0 Å². The van der Waals surface area contributed by atoms with E-state index in [1.807, 2.05) is 0 Å². The van der Waals surface area contributed by atoms with Crippen molar-refractivity contribution < 1.29 is 14.3 Å². The largest absolute Gasteiger partial charge is 0.423 e. The second kappa shape index (κ2) is 8.16. The number of aromatic nitrogens is 1. The van der Waals surface area contributed by atoms with Gasteiger partial charge in [0.1, 0.15) is 6.26 Å². The number of hydrogen-bond donors (Lipinski definition) is 4. The van der Waals surface area contributed by atoms with Crippen molar-refractivity contribution in [3.63, 3.8) is 0 Å². The first-order valence-corrected chi connectivity index (χ1v) is 7.31. The lowest BCUT2D eigenvalue weighted by Gasteiger charge is -2.14. The molecule has 23 heavy (non-hydrogen) atoms. The number of aliphatic hydroxyl groups excluding tert-OH is 1. The quantitative estimate of drug-likeness (QED) is 0.526. The van der Waals surface area contributed by atoms with Gasteiger partial charge in [-0.3, -0.25) is 4.79 Å². The Morgan fingerprint density at radius 2 is 2.17 bits per heavy atom. The van der Waals surface area contributed by atoms with Crippen LogP contribution in [0.1, 0.15) is 12.8 Å². The lowest BCUT2D eigenvalue weighted by atomic mass is 10.2. The van der Waals surface area contributed by atoms with Gasteiger partial charge in [0.05, 0.1) is 23.3 Å². The smallest absolute Gasteiger partial charge is 0.416 e. The number of rotatable bonds is 8. The second-order valence-corrected chi connectivity index (χ2v) is 4.86. The molecule has 0 saturated carbocycles. The second-order valence-electron chi connectivity index (χ2n) is 4.86. The highest BCUT2D eigenvalue weighted by molar-refractivity contribution is 5.94. The molecule has 0 unspecified atom stereocenters. The maximum absolute atomic E-state index is 11.8. The average Bonchev–Trinajstić information content (AvgIpc) is 2.95. The topological polar surface area (TPSA) is 123 Å². The van der Waals surface area contributed by atoms with Gasteiger partial charge in [0.15, 0.2) is 0 Å². The molecule has 1 amide bonds. The van der Waals surface area contributed by atoms with E-state index >= 15 is 0 Å². The summed E-state index contributed by atoms with van der Waals surface area (Å²) in [5, 5.41) is 14.8. The highest BCUT2D eigenvalue weighted by atomic mass is 16.4. The molecule has 0 fully saturated rings. The van der Waals surface area contributed by atoms with Crippen LogP contribution in [-0.4, -0.2) is 35.3 Å². The Hall–Kier alpha value is -2.58. The van der Waals surface area contributed by atoms with E-state index in [9.17, 15) is 9.59 Å². The van der Waals surface area contributed by atoms with Gasteiger partial charge in [0, 0.05) is 26.1 Å². The van der Waals surface area contributed by atoms with Crippen LogP contribution in [0.25, 0.3) is 5.69 Å². The summed E-state index contributed by atoms with van der Waals surface area (Å²) < 4.78 is 6.08. The molecule has 0 aliphatic carbocycles. The van der Waals surface area contributed by atoms with Crippen molar-refractivity contribution in [2.24, 2.45) is 5.73 Å². The van der Waals surface area contributed by atoms with Crippen LogP contribution in [0.2, 0.25) is 0 Å². The Morgan fingerprint density at radius 1 is 1.35 bits per heavy atom. The standard InChI is InChI=1S/C15H20N4O4/c16-5-4-14(21)18-13-10-11(19-7-9-23-15(19)22)2-3-12(13)17-6-1-8-20/h2-3,7,9-10,17,20H,1,4-6,8,16H2,(H,18,21). The first-order chi connectivity index (χ1) is 11.2. The fourth-order valence-corrected chi connectivity index (χ4v) is 2.04. The van der Waals surface area contributed by atoms with Gasteiger partial charge in [-0.05, 0) is 24.6 Å². The first-order valence-electron chi connectivity index (χ1n) is 7.31. The molecule has 0 spiro atoms. The monoisotopic (exact) mass is 320 g/mol. The number of nitrogens with one attached hydrogen (secondary N) is 2. The minimum absolute atomic E-state index is 0.0738. The molecule has 0 bridgehead atoms. The predicted molar refractivity (Wildman–Crippen MR) is 86.8 cm³/mol. The molecule has 124 valence electrons. The van der Waals surface area contributed by atoms with Gasteiger partial charge in [-0.1, -0.05) is 0 Å². The summed E-state index contributed by atoms with van der Waals surface area (Å²) >= 11 is 0. The van der Waals surface area contributed by atoms with Gasteiger partial charge in [-0.15, -0.1) is 0 Å². The fourth-order valence-electron chi connectivity index (χ4n) is 2.04. The molecule has 8 heteroatoms. The first kappa shape index (κ1) is 16.8. The highest BCUT2D eigenvalue weighted by Crippen LogP contribution is 2.25. The van der Waals surface area contributed by atoms with E-state index in [0.717, 1.165) is 0 Å². The van der Waals surface area contributed by atoms with Crippen LogP contribution >= 0.6 is 0 Å². The Labute approximate surface area is 132 Å². The number of aliphatic hydroxyl groups is 1. The van der Waals surface area contributed by atoms with Crippen molar-refractivity contribution in [1.29, 1.82) is 0 Å². The zero-order valence-electron chi connectivity index (χ0n) is 12.6. The summed E-state index contributed by atoms with van der Waals surface area (Å²) in [6.45, 7) is 0.881. The minimum Gasteiger partial charge on any atom is -0.416 e. The van der Waals surface area contributed by atoms with Crippen molar-refractivity contribution in [1.82, 2.24) is 4.57 Å². The van der Waals surface area contributed by atoms with E-state index in [1.165, 1.54) is 17.0 Å². The normalized spacial score (nSPS) is 10.5. The Kier molecular flexibility index (Phi) is 5.95. The van der Waals surface area contributed by atoms with Crippen LogP contribution in [-0.2, 0) is 4.79 Å². The molecule has 2 aromatic rings. The molecular formula is C15H20N4O4. The average molecular weight is 320 g/mol. The van der Waals surface area contributed by atoms with Gasteiger partial charge < -0.3 is 25.9 Å². The lowest BCUT2D eigenvalue weighted by molar-refractivity contribution is -0.116. The third kappa shape index (κ3) is 4.44. The number of nitrogens with two attached hydrogens (primary N) is 1. The van der Waals surface area contributed by atoms with Crippen molar-refractivity contribution in [2.45, 2.75) is 12.8 Å². The summed E-state index contributed by atoms with van der Waals surface area (Å²) in [7, 11) is 0. The SMILES string of the molecule is NCCC(=O)Nc1cc(-n2ccoc2=O)ccc1NCCCO. The van der Waals surface area contributed by atoms with Crippen molar-refractivity contribution >= 4 is 17.3 Å². The van der Waals surface area contributed by atoms with E-state index in [4.69, 9.17) is 15.3 Å². The van der Waals surface area contributed by atoms with Crippen molar-refractivity contribution in [3.8, 4) is 5.69 Å². The summed E-state index contributed by atoms with van der Waals surface area (Å²) in [6.07, 6.45) is 3.58. The molecule has 1 aromatic heterocycles. The van der Waals surface area contributed by atoms with Crippen LogP contribution < -0.4 is 22.1 Å². The molecular weight excluding hydrogens is 300 g/mol. The number of oxazole rings is 1. The number of benzene rings is 1. The van der Waals surface area contributed by atoms with Crippen LogP contribution in [0, 0.1) is 0 Å². The van der Waals surface area contributed by atoms with Crippen molar-refractivity contribution in [3.05, 3.63) is 41.2 Å². The minimum atomic E-state index is -0.509. The highest BCUT2D eigenvalue weighted by Gasteiger charge is 2.10.